The third kappa shape index (κ3) is 4.04. The van der Waals surface area contributed by atoms with Crippen LogP contribution in [-0.2, 0) is 24.8 Å². The van der Waals surface area contributed by atoms with Gasteiger partial charge in [0.2, 0.25) is 10.0 Å². The SMILES string of the molecule is COCCN1CCN(S(=O)(=O)c2ccc(S(N)(=O)=O)s2)CC1. The first kappa shape index (κ1) is 17.8. The van der Waals surface area contributed by atoms with Crippen molar-refractivity contribution in [2.24, 2.45) is 5.14 Å². The van der Waals surface area contributed by atoms with Crippen molar-refractivity contribution in [3.63, 3.8) is 0 Å². The molecule has 0 spiro atoms. The van der Waals surface area contributed by atoms with Crippen LogP contribution in [0.3, 0.4) is 0 Å². The maximum Gasteiger partial charge on any atom is 0.252 e. The van der Waals surface area contributed by atoms with Crippen molar-refractivity contribution < 1.29 is 21.6 Å². The average molecular weight is 369 g/mol. The highest BCUT2D eigenvalue weighted by atomic mass is 32.3. The van der Waals surface area contributed by atoms with E-state index in [9.17, 15) is 16.8 Å². The van der Waals surface area contributed by atoms with Crippen LogP contribution < -0.4 is 5.14 Å². The van der Waals surface area contributed by atoms with E-state index in [4.69, 9.17) is 9.88 Å². The first-order valence-electron chi connectivity index (χ1n) is 6.59. The summed E-state index contributed by atoms with van der Waals surface area (Å²) >= 11 is 0.679. The van der Waals surface area contributed by atoms with E-state index in [1.807, 2.05) is 0 Å². The molecule has 2 N–H and O–H groups in total. The molecule has 1 aliphatic rings. The van der Waals surface area contributed by atoms with Gasteiger partial charge in [-0.3, -0.25) is 4.90 Å². The van der Waals surface area contributed by atoms with Gasteiger partial charge in [-0.1, -0.05) is 0 Å². The number of piperazine rings is 1. The van der Waals surface area contributed by atoms with Gasteiger partial charge in [-0.2, -0.15) is 4.31 Å². The van der Waals surface area contributed by atoms with Gasteiger partial charge < -0.3 is 4.74 Å². The van der Waals surface area contributed by atoms with Crippen LogP contribution in [0.5, 0.6) is 0 Å². The monoisotopic (exact) mass is 369 g/mol. The summed E-state index contributed by atoms with van der Waals surface area (Å²) in [5.41, 5.74) is 0. The topological polar surface area (TPSA) is 110 Å². The van der Waals surface area contributed by atoms with Gasteiger partial charge in [-0.25, -0.2) is 22.0 Å². The average Bonchev–Trinajstić information content (AvgIpc) is 2.96. The van der Waals surface area contributed by atoms with E-state index in [0.717, 1.165) is 6.54 Å². The zero-order chi connectivity index (χ0) is 16.4. The molecule has 22 heavy (non-hydrogen) atoms. The molecule has 2 heterocycles. The first-order valence-corrected chi connectivity index (χ1v) is 10.4. The maximum atomic E-state index is 12.5. The molecule has 1 aromatic heterocycles. The molecule has 0 atom stereocenters. The molecule has 0 aliphatic carbocycles. The molecule has 8 nitrogen and oxygen atoms in total. The number of hydrogen-bond acceptors (Lipinski definition) is 7. The van der Waals surface area contributed by atoms with Crippen molar-refractivity contribution in [2.45, 2.75) is 8.42 Å². The molecule has 1 aliphatic heterocycles. The van der Waals surface area contributed by atoms with E-state index >= 15 is 0 Å². The number of nitrogens with zero attached hydrogens (tertiary/aromatic N) is 2. The molecule has 0 saturated carbocycles. The van der Waals surface area contributed by atoms with Gasteiger partial charge in [-0.05, 0) is 12.1 Å². The van der Waals surface area contributed by atoms with E-state index in [1.165, 1.54) is 16.4 Å². The van der Waals surface area contributed by atoms with Crippen LogP contribution in [0, 0.1) is 0 Å². The van der Waals surface area contributed by atoms with Gasteiger partial charge >= 0.3 is 0 Å². The van der Waals surface area contributed by atoms with E-state index < -0.39 is 20.0 Å². The Morgan fingerprint density at radius 1 is 1.14 bits per heavy atom. The minimum absolute atomic E-state index is 0.00173. The molecule has 126 valence electrons. The van der Waals surface area contributed by atoms with Gasteiger partial charge in [0.25, 0.3) is 10.0 Å². The maximum absolute atomic E-state index is 12.5. The van der Waals surface area contributed by atoms with E-state index in [2.05, 4.69) is 4.90 Å². The van der Waals surface area contributed by atoms with Crippen molar-refractivity contribution >= 4 is 31.4 Å². The lowest BCUT2D eigenvalue weighted by Gasteiger charge is -2.33. The predicted molar refractivity (Wildman–Crippen MR) is 82.8 cm³/mol. The standard InChI is InChI=1S/C11H19N3O5S3/c1-19-9-8-13-4-6-14(7-5-13)22(17,18)11-3-2-10(20-11)21(12,15)16/h2-3H,4-9H2,1H3,(H2,12,15,16). The third-order valence-electron chi connectivity index (χ3n) is 3.37. The van der Waals surface area contributed by atoms with Crippen LogP contribution in [0.25, 0.3) is 0 Å². The number of hydrogen-bond donors (Lipinski definition) is 1. The lowest BCUT2D eigenvalue weighted by Crippen LogP contribution is -2.49. The summed E-state index contributed by atoms with van der Waals surface area (Å²) in [5.74, 6) is 0. The Labute approximate surface area is 134 Å². The lowest BCUT2D eigenvalue weighted by atomic mass is 10.4. The van der Waals surface area contributed by atoms with Gasteiger partial charge in [0.05, 0.1) is 6.61 Å². The highest BCUT2D eigenvalue weighted by Crippen LogP contribution is 2.27. The summed E-state index contributed by atoms with van der Waals surface area (Å²) in [7, 11) is -5.92. The van der Waals surface area contributed by atoms with Gasteiger partial charge in [0.1, 0.15) is 8.42 Å². The number of rotatable bonds is 6. The Morgan fingerprint density at radius 2 is 1.73 bits per heavy atom. The summed E-state index contributed by atoms with van der Waals surface area (Å²) < 4.78 is 53.7. The Kier molecular flexibility index (Phi) is 5.59. The normalized spacial score (nSPS) is 18.6. The zero-order valence-electron chi connectivity index (χ0n) is 12.1. The highest BCUT2D eigenvalue weighted by molar-refractivity contribution is 7.93. The quantitative estimate of drug-likeness (QED) is 0.713. The number of nitrogens with two attached hydrogens (primary N) is 1. The second kappa shape index (κ2) is 6.91. The molecule has 0 aromatic carbocycles. The van der Waals surface area contributed by atoms with E-state index in [0.29, 0.717) is 44.1 Å². The number of thiophene rings is 1. The predicted octanol–water partition coefficient (Wildman–Crippen LogP) is -0.652. The van der Waals surface area contributed by atoms with Gasteiger partial charge in [0, 0.05) is 39.8 Å². The van der Waals surface area contributed by atoms with Crippen molar-refractivity contribution in [2.75, 3.05) is 46.4 Å². The molecule has 0 bridgehead atoms. The molecule has 1 aromatic rings. The largest absolute Gasteiger partial charge is 0.383 e. The van der Waals surface area contributed by atoms with Crippen LogP contribution in [0.2, 0.25) is 0 Å². The minimum atomic E-state index is -3.88. The van der Waals surface area contributed by atoms with Crippen molar-refractivity contribution in [3.05, 3.63) is 12.1 Å². The summed E-state index contributed by atoms with van der Waals surface area (Å²) in [5, 5.41) is 5.01. The Balaban J connectivity index is 2.07. The molecular weight excluding hydrogens is 350 g/mol. The van der Waals surface area contributed by atoms with Crippen LogP contribution in [-0.4, -0.2) is 72.5 Å². The van der Waals surface area contributed by atoms with Crippen LogP contribution in [0.1, 0.15) is 0 Å². The Bertz CT molecular complexity index is 705. The minimum Gasteiger partial charge on any atom is -0.383 e. The molecule has 1 saturated heterocycles. The number of ether oxygens (including phenoxy) is 1. The van der Waals surface area contributed by atoms with E-state index in [1.54, 1.807) is 7.11 Å². The van der Waals surface area contributed by atoms with E-state index in [-0.39, 0.29) is 8.42 Å². The molecule has 0 radical (unpaired) electrons. The summed E-state index contributed by atoms with van der Waals surface area (Å²) in [6, 6.07) is 2.51. The fourth-order valence-corrected chi connectivity index (χ4v) is 5.90. The molecule has 0 amide bonds. The third-order valence-corrected chi connectivity index (χ3v) is 8.26. The molecule has 11 heteroatoms. The molecule has 1 fully saturated rings. The van der Waals surface area contributed by atoms with Crippen LogP contribution >= 0.6 is 11.3 Å². The molecule has 0 unspecified atom stereocenters. The number of primary sulfonamides is 1. The zero-order valence-corrected chi connectivity index (χ0v) is 14.6. The van der Waals surface area contributed by atoms with Gasteiger partial charge in [0.15, 0.2) is 0 Å². The highest BCUT2D eigenvalue weighted by Gasteiger charge is 2.30. The molecule has 2 rings (SSSR count). The van der Waals surface area contributed by atoms with Gasteiger partial charge in [-0.15, -0.1) is 11.3 Å². The fraction of sp³-hybridized carbons (Fsp3) is 0.636. The second-order valence-electron chi connectivity index (χ2n) is 4.86. The smallest absolute Gasteiger partial charge is 0.252 e. The second-order valence-corrected chi connectivity index (χ2v) is 9.89. The Morgan fingerprint density at radius 3 is 2.23 bits per heavy atom. The number of sulfonamides is 2. The number of methoxy groups -OCH3 is 1. The van der Waals surface area contributed by atoms with Crippen molar-refractivity contribution in [3.8, 4) is 0 Å². The van der Waals surface area contributed by atoms with Crippen molar-refractivity contribution in [1.82, 2.24) is 9.21 Å². The lowest BCUT2D eigenvalue weighted by molar-refractivity contribution is 0.123. The van der Waals surface area contributed by atoms with Crippen LogP contribution in [0.15, 0.2) is 20.6 Å². The summed E-state index contributed by atoms with van der Waals surface area (Å²) in [4.78, 5) is 2.12. The molecular formula is C11H19N3O5S3. The van der Waals surface area contributed by atoms with Crippen molar-refractivity contribution in [1.29, 1.82) is 0 Å². The summed E-state index contributed by atoms with van der Waals surface area (Å²) in [6.07, 6.45) is 0. The fourth-order valence-electron chi connectivity index (χ4n) is 2.14. The summed E-state index contributed by atoms with van der Waals surface area (Å²) in [6.45, 7) is 3.35. The van der Waals surface area contributed by atoms with Crippen LogP contribution in [0.4, 0.5) is 0 Å². The first-order chi connectivity index (χ1) is 10.2. The Hall–Kier alpha value is -0.560.